The van der Waals surface area contributed by atoms with E-state index in [-0.39, 0.29) is 10.8 Å². The van der Waals surface area contributed by atoms with Gasteiger partial charge in [-0.1, -0.05) is 20.8 Å². The third-order valence-corrected chi connectivity index (χ3v) is 6.11. The molecule has 0 fully saturated rings. The zero-order valence-corrected chi connectivity index (χ0v) is 16.7. The molecule has 27 heavy (non-hydrogen) atoms. The number of carbonyl (C=O) groups excluding carboxylic acids is 1. The average molecular weight is 391 g/mol. The van der Waals surface area contributed by atoms with Crippen molar-refractivity contribution in [1.82, 2.24) is 9.29 Å². The van der Waals surface area contributed by atoms with E-state index in [9.17, 15) is 13.2 Å². The van der Waals surface area contributed by atoms with Gasteiger partial charge in [-0.25, -0.2) is 13.4 Å². The van der Waals surface area contributed by atoms with Crippen molar-refractivity contribution < 1.29 is 13.2 Å². The number of rotatable bonds is 9. The summed E-state index contributed by atoms with van der Waals surface area (Å²) in [5.74, 6) is 0.0884. The first-order valence-electron chi connectivity index (χ1n) is 9.03. The summed E-state index contributed by atoms with van der Waals surface area (Å²) in [5.41, 5.74) is 1.25. The Morgan fingerprint density at radius 2 is 1.70 bits per heavy atom. The molecule has 0 bridgehead atoms. The summed E-state index contributed by atoms with van der Waals surface area (Å²) in [6.45, 7) is 7.31. The Balaban J connectivity index is 2.07. The normalized spacial score (nSPS) is 11.4. The molecule has 1 heterocycles. The molecule has 0 atom stereocenters. The Bertz CT molecular complexity index is 846. The maximum absolute atomic E-state index is 12.5. The largest absolute Gasteiger partial charge is 0.384 e. The number of sulfonamides is 1. The summed E-state index contributed by atoms with van der Waals surface area (Å²) >= 11 is 0. The summed E-state index contributed by atoms with van der Waals surface area (Å²) in [6, 6.07) is 9.47. The van der Waals surface area contributed by atoms with Gasteiger partial charge in [0.2, 0.25) is 10.0 Å². The summed E-state index contributed by atoms with van der Waals surface area (Å²) < 4.78 is 26.3. The van der Waals surface area contributed by atoms with Gasteiger partial charge in [0.15, 0.2) is 0 Å². The second-order valence-corrected chi connectivity index (χ2v) is 7.86. The molecule has 0 saturated heterocycles. The molecule has 1 aromatic carbocycles. The van der Waals surface area contributed by atoms with Crippen molar-refractivity contribution >= 4 is 27.4 Å². The molecule has 1 aromatic heterocycles. The van der Waals surface area contributed by atoms with Gasteiger partial charge in [0.05, 0.1) is 16.8 Å². The lowest BCUT2D eigenvalue weighted by molar-refractivity contribution is 0.102. The van der Waals surface area contributed by atoms with Crippen LogP contribution < -0.4 is 10.6 Å². The fourth-order valence-corrected chi connectivity index (χ4v) is 3.98. The monoisotopic (exact) mass is 390 g/mol. The lowest BCUT2D eigenvalue weighted by Crippen LogP contribution is -2.30. The van der Waals surface area contributed by atoms with Crippen LogP contribution in [0.3, 0.4) is 0 Å². The maximum atomic E-state index is 12.5. The second-order valence-electron chi connectivity index (χ2n) is 5.93. The van der Waals surface area contributed by atoms with E-state index in [1.54, 1.807) is 26.1 Å². The van der Waals surface area contributed by atoms with Gasteiger partial charge < -0.3 is 10.6 Å². The van der Waals surface area contributed by atoms with Crippen molar-refractivity contribution in [2.75, 3.05) is 30.3 Å². The number of pyridine rings is 1. The average Bonchev–Trinajstić information content (AvgIpc) is 2.68. The van der Waals surface area contributed by atoms with Crippen LogP contribution >= 0.6 is 0 Å². The van der Waals surface area contributed by atoms with Gasteiger partial charge in [-0.15, -0.1) is 0 Å². The van der Waals surface area contributed by atoms with Crippen LogP contribution in [0.25, 0.3) is 0 Å². The first kappa shape index (κ1) is 20.9. The SMILES string of the molecule is CCCNc1ccc(NC(=O)c2ccc(S(=O)(=O)N(CC)CC)cc2)nc1. The van der Waals surface area contributed by atoms with Crippen LogP contribution in [0, 0.1) is 0 Å². The summed E-state index contributed by atoms with van der Waals surface area (Å²) in [7, 11) is -3.53. The van der Waals surface area contributed by atoms with E-state index in [0.717, 1.165) is 18.7 Å². The van der Waals surface area contributed by atoms with Crippen LogP contribution in [0.5, 0.6) is 0 Å². The highest BCUT2D eigenvalue weighted by molar-refractivity contribution is 7.89. The van der Waals surface area contributed by atoms with Crippen LogP contribution in [-0.4, -0.2) is 43.2 Å². The summed E-state index contributed by atoms with van der Waals surface area (Å²) in [5, 5.41) is 5.92. The Hall–Kier alpha value is -2.45. The fraction of sp³-hybridized carbons (Fsp3) is 0.368. The minimum absolute atomic E-state index is 0.173. The minimum Gasteiger partial charge on any atom is -0.384 e. The minimum atomic E-state index is -3.53. The van der Waals surface area contributed by atoms with Gasteiger partial charge in [-0.05, 0) is 42.8 Å². The number of hydrogen-bond acceptors (Lipinski definition) is 5. The van der Waals surface area contributed by atoms with Crippen LogP contribution in [0.4, 0.5) is 11.5 Å². The number of aromatic nitrogens is 1. The molecule has 0 unspecified atom stereocenters. The van der Waals surface area contributed by atoms with Gasteiger partial charge >= 0.3 is 0 Å². The smallest absolute Gasteiger partial charge is 0.256 e. The van der Waals surface area contributed by atoms with E-state index in [1.807, 2.05) is 6.07 Å². The number of nitrogens with zero attached hydrogens (tertiary/aromatic N) is 2. The highest BCUT2D eigenvalue weighted by Gasteiger charge is 2.21. The van der Waals surface area contributed by atoms with Gasteiger partial charge in [-0.2, -0.15) is 4.31 Å². The van der Waals surface area contributed by atoms with Crippen molar-refractivity contribution in [3.8, 4) is 0 Å². The standard InChI is InChI=1S/C19H26N4O3S/c1-4-13-20-16-9-12-18(21-14-16)22-19(24)15-7-10-17(11-8-15)27(25,26)23(5-2)6-3/h7-12,14,20H,4-6,13H2,1-3H3,(H,21,22,24). The van der Waals surface area contributed by atoms with Gasteiger partial charge in [0.25, 0.3) is 5.91 Å². The van der Waals surface area contributed by atoms with E-state index in [2.05, 4.69) is 22.5 Å². The van der Waals surface area contributed by atoms with E-state index >= 15 is 0 Å². The van der Waals surface area contributed by atoms with Crippen LogP contribution in [-0.2, 0) is 10.0 Å². The van der Waals surface area contributed by atoms with Crippen molar-refractivity contribution in [2.45, 2.75) is 32.1 Å². The first-order valence-corrected chi connectivity index (χ1v) is 10.5. The predicted octanol–water partition coefficient (Wildman–Crippen LogP) is 3.19. The molecule has 7 nitrogen and oxygen atoms in total. The Labute approximate surface area is 160 Å². The molecule has 0 saturated carbocycles. The molecular weight excluding hydrogens is 364 g/mol. The maximum Gasteiger partial charge on any atom is 0.256 e. The molecule has 2 N–H and O–H groups in total. The molecule has 0 aliphatic carbocycles. The van der Waals surface area contributed by atoms with Crippen LogP contribution in [0.1, 0.15) is 37.6 Å². The van der Waals surface area contributed by atoms with E-state index in [4.69, 9.17) is 0 Å². The first-order chi connectivity index (χ1) is 12.9. The quantitative estimate of drug-likeness (QED) is 0.686. The third kappa shape index (κ3) is 5.27. The number of nitrogens with one attached hydrogen (secondary N) is 2. The molecule has 2 rings (SSSR count). The van der Waals surface area contributed by atoms with Gasteiger partial charge in [0.1, 0.15) is 5.82 Å². The predicted molar refractivity (Wildman–Crippen MR) is 108 cm³/mol. The summed E-state index contributed by atoms with van der Waals surface area (Å²) in [6.07, 6.45) is 2.67. The van der Waals surface area contributed by atoms with E-state index < -0.39 is 10.0 Å². The van der Waals surface area contributed by atoms with Crippen LogP contribution in [0.15, 0.2) is 47.5 Å². The lowest BCUT2D eigenvalue weighted by Gasteiger charge is -2.18. The fourth-order valence-electron chi connectivity index (χ4n) is 2.52. The molecule has 0 aliphatic rings. The van der Waals surface area contributed by atoms with E-state index in [1.165, 1.54) is 28.6 Å². The van der Waals surface area contributed by atoms with E-state index in [0.29, 0.717) is 24.5 Å². The Morgan fingerprint density at radius 1 is 1.04 bits per heavy atom. The van der Waals surface area contributed by atoms with Crippen LogP contribution in [0.2, 0.25) is 0 Å². The number of anilines is 2. The summed E-state index contributed by atoms with van der Waals surface area (Å²) in [4.78, 5) is 16.7. The van der Waals surface area contributed by atoms with Crippen molar-refractivity contribution in [2.24, 2.45) is 0 Å². The molecule has 8 heteroatoms. The number of benzene rings is 1. The Morgan fingerprint density at radius 3 is 2.22 bits per heavy atom. The highest BCUT2D eigenvalue weighted by atomic mass is 32.2. The number of carbonyl (C=O) groups is 1. The highest BCUT2D eigenvalue weighted by Crippen LogP contribution is 2.17. The third-order valence-electron chi connectivity index (χ3n) is 4.04. The molecule has 0 spiro atoms. The molecule has 0 aliphatic heterocycles. The zero-order chi connectivity index (χ0) is 19.9. The second kappa shape index (κ2) is 9.48. The lowest BCUT2D eigenvalue weighted by atomic mass is 10.2. The van der Waals surface area contributed by atoms with Crippen molar-refractivity contribution in [3.63, 3.8) is 0 Å². The Kier molecular flexibility index (Phi) is 7.32. The molecule has 0 radical (unpaired) electrons. The van der Waals surface area contributed by atoms with Crippen molar-refractivity contribution in [1.29, 1.82) is 0 Å². The molecule has 146 valence electrons. The zero-order valence-electron chi connectivity index (χ0n) is 15.9. The molecular formula is C19H26N4O3S. The van der Waals surface area contributed by atoms with Gasteiger partial charge in [-0.3, -0.25) is 4.79 Å². The van der Waals surface area contributed by atoms with Crippen molar-refractivity contribution in [3.05, 3.63) is 48.2 Å². The topological polar surface area (TPSA) is 91.4 Å². The van der Waals surface area contributed by atoms with Gasteiger partial charge in [0, 0.05) is 25.2 Å². The number of amides is 1. The molecule has 2 aromatic rings. The number of hydrogen-bond donors (Lipinski definition) is 2. The molecule has 1 amide bonds.